The summed E-state index contributed by atoms with van der Waals surface area (Å²) in [6, 6.07) is 4.51. The second-order valence-corrected chi connectivity index (χ2v) is 6.31. The molecular weight excluding hydrogens is 351 g/mol. The molecule has 7 nitrogen and oxygen atoms in total. The number of rotatable bonds is 5. The summed E-state index contributed by atoms with van der Waals surface area (Å²) in [7, 11) is 1.80. The number of oxazole rings is 2. The van der Waals surface area contributed by atoms with E-state index in [1.165, 1.54) is 37.4 Å². The second kappa shape index (κ2) is 6.71. The largest absolute Gasteiger partial charge is 0.451 e. The molecular formula is C19H17FN4O3. The van der Waals surface area contributed by atoms with Gasteiger partial charge in [-0.25, -0.2) is 14.4 Å². The normalized spacial score (nSPS) is 11.2. The number of aryl methyl sites for hydroxylation is 2. The van der Waals surface area contributed by atoms with Crippen LogP contribution in [0.5, 0.6) is 0 Å². The van der Waals surface area contributed by atoms with Crippen molar-refractivity contribution in [2.75, 3.05) is 0 Å². The van der Waals surface area contributed by atoms with Gasteiger partial charge in [0.1, 0.15) is 24.0 Å². The standard InChI is InChI=1S/C19H17FN4O3/c1-12-16-5-13(20)3-4-17(16)23(2)18(12)19(25)24(6-14-8-26-10-21-14)7-15-9-27-11-22-15/h3-5,8-11H,6-7H2,1-2H3. The first kappa shape index (κ1) is 17.0. The summed E-state index contributed by atoms with van der Waals surface area (Å²) in [6.45, 7) is 2.31. The highest BCUT2D eigenvalue weighted by Crippen LogP contribution is 2.27. The van der Waals surface area contributed by atoms with Crippen molar-refractivity contribution in [1.29, 1.82) is 0 Å². The number of aromatic nitrogens is 3. The lowest BCUT2D eigenvalue weighted by Gasteiger charge is -2.21. The van der Waals surface area contributed by atoms with Gasteiger partial charge < -0.3 is 18.3 Å². The van der Waals surface area contributed by atoms with Gasteiger partial charge >= 0.3 is 0 Å². The molecule has 0 saturated heterocycles. The van der Waals surface area contributed by atoms with Gasteiger partial charge in [-0.05, 0) is 30.7 Å². The Kier molecular flexibility index (Phi) is 4.23. The van der Waals surface area contributed by atoms with Crippen molar-refractivity contribution in [1.82, 2.24) is 19.4 Å². The Balaban J connectivity index is 1.75. The monoisotopic (exact) mass is 368 g/mol. The zero-order valence-corrected chi connectivity index (χ0v) is 14.8. The second-order valence-electron chi connectivity index (χ2n) is 6.31. The van der Waals surface area contributed by atoms with Gasteiger partial charge in [-0.15, -0.1) is 0 Å². The van der Waals surface area contributed by atoms with E-state index in [0.29, 0.717) is 22.5 Å². The van der Waals surface area contributed by atoms with Gasteiger partial charge in [0.15, 0.2) is 12.8 Å². The topological polar surface area (TPSA) is 77.3 Å². The number of halogens is 1. The van der Waals surface area contributed by atoms with Gasteiger partial charge in [0.25, 0.3) is 5.91 Å². The van der Waals surface area contributed by atoms with Crippen LogP contribution >= 0.6 is 0 Å². The lowest BCUT2D eigenvalue weighted by molar-refractivity contribution is 0.0715. The quantitative estimate of drug-likeness (QED) is 0.539. The Hall–Kier alpha value is -3.42. The Morgan fingerprint density at radius 3 is 2.33 bits per heavy atom. The first-order chi connectivity index (χ1) is 13.0. The molecule has 0 bridgehead atoms. The molecule has 3 aromatic heterocycles. The first-order valence-corrected chi connectivity index (χ1v) is 8.32. The predicted octanol–water partition coefficient (Wildman–Crippen LogP) is 3.44. The maximum atomic E-state index is 13.7. The fraction of sp³-hybridized carbons (Fsp3) is 0.211. The van der Waals surface area contributed by atoms with E-state index in [1.807, 2.05) is 6.92 Å². The van der Waals surface area contributed by atoms with E-state index < -0.39 is 0 Å². The lowest BCUT2D eigenvalue weighted by Crippen LogP contribution is -2.32. The predicted molar refractivity (Wildman–Crippen MR) is 94.2 cm³/mol. The maximum absolute atomic E-state index is 13.7. The molecule has 0 aliphatic carbocycles. The summed E-state index contributed by atoms with van der Waals surface area (Å²) in [6.07, 6.45) is 5.62. The highest BCUT2D eigenvalue weighted by atomic mass is 19.1. The van der Waals surface area contributed by atoms with Crippen LogP contribution in [0.3, 0.4) is 0 Å². The lowest BCUT2D eigenvalue weighted by atomic mass is 10.1. The summed E-state index contributed by atoms with van der Waals surface area (Å²) in [5, 5.41) is 0.712. The van der Waals surface area contributed by atoms with Crippen LogP contribution in [0.15, 0.2) is 52.3 Å². The molecule has 0 radical (unpaired) electrons. The van der Waals surface area contributed by atoms with Crippen LogP contribution in [-0.2, 0) is 20.1 Å². The summed E-state index contributed by atoms with van der Waals surface area (Å²) in [5.41, 5.74) is 3.24. The average molecular weight is 368 g/mol. The van der Waals surface area contributed by atoms with Crippen LogP contribution < -0.4 is 0 Å². The van der Waals surface area contributed by atoms with Crippen LogP contribution in [0, 0.1) is 12.7 Å². The minimum absolute atomic E-state index is 0.211. The summed E-state index contributed by atoms with van der Waals surface area (Å²) in [4.78, 5) is 23.2. The smallest absolute Gasteiger partial charge is 0.271 e. The number of fused-ring (bicyclic) bond motifs is 1. The van der Waals surface area contributed by atoms with E-state index in [-0.39, 0.29) is 24.8 Å². The zero-order chi connectivity index (χ0) is 19.0. The van der Waals surface area contributed by atoms with Gasteiger partial charge in [0, 0.05) is 18.0 Å². The Labute approximate surface area is 154 Å². The van der Waals surface area contributed by atoms with E-state index in [1.54, 1.807) is 22.6 Å². The van der Waals surface area contributed by atoms with Crippen LogP contribution in [0.1, 0.15) is 27.4 Å². The molecule has 0 saturated carbocycles. The van der Waals surface area contributed by atoms with Crippen molar-refractivity contribution in [2.45, 2.75) is 20.0 Å². The molecule has 0 fully saturated rings. The van der Waals surface area contributed by atoms with Crippen molar-refractivity contribution in [3.05, 3.63) is 72.0 Å². The van der Waals surface area contributed by atoms with Crippen LogP contribution in [0.4, 0.5) is 4.39 Å². The molecule has 0 spiro atoms. The molecule has 1 aromatic carbocycles. The highest BCUT2D eigenvalue weighted by molar-refractivity contribution is 6.01. The van der Waals surface area contributed by atoms with E-state index in [9.17, 15) is 9.18 Å². The van der Waals surface area contributed by atoms with Crippen molar-refractivity contribution in [3.8, 4) is 0 Å². The van der Waals surface area contributed by atoms with E-state index >= 15 is 0 Å². The van der Waals surface area contributed by atoms with Gasteiger partial charge in [0.2, 0.25) is 0 Å². The highest BCUT2D eigenvalue weighted by Gasteiger charge is 2.25. The molecule has 0 aliphatic heterocycles. The third kappa shape index (κ3) is 3.10. The van der Waals surface area contributed by atoms with E-state index in [4.69, 9.17) is 8.83 Å². The van der Waals surface area contributed by atoms with Crippen LogP contribution in [-0.4, -0.2) is 25.3 Å². The molecule has 0 atom stereocenters. The van der Waals surface area contributed by atoms with Crippen molar-refractivity contribution in [2.24, 2.45) is 7.05 Å². The minimum atomic E-state index is -0.336. The Morgan fingerprint density at radius 2 is 1.78 bits per heavy atom. The van der Waals surface area contributed by atoms with Gasteiger partial charge in [0.05, 0.1) is 24.5 Å². The third-order valence-corrected chi connectivity index (χ3v) is 4.58. The fourth-order valence-electron chi connectivity index (χ4n) is 3.28. The van der Waals surface area contributed by atoms with Crippen molar-refractivity contribution in [3.63, 3.8) is 0 Å². The molecule has 0 aliphatic rings. The molecule has 3 heterocycles. The maximum Gasteiger partial charge on any atom is 0.271 e. The van der Waals surface area contributed by atoms with Crippen molar-refractivity contribution >= 4 is 16.8 Å². The van der Waals surface area contributed by atoms with Gasteiger partial charge in [-0.1, -0.05) is 0 Å². The molecule has 27 heavy (non-hydrogen) atoms. The number of benzene rings is 1. The van der Waals surface area contributed by atoms with Crippen LogP contribution in [0.2, 0.25) is 0 Å². The van der Waals surface area contributed by atoms with Crippen LogP contribution in [0.25, 0.3) is 10.9 Å². The van der Waals surface area contributed by atoms with Gasteiger partial charge in [-0.3, -0.25) is 4.79 Å². The fourth-order valence-corrected chi connectivity index (χ4v) is 3.28. The summed E-state index contributed by atoms with van der Waals surface area (Å²) < 4.78 is 25.5. The number of carbonyl (C=O) groups excluding carboxylic acids is 1. The SMILES string of the molecule is Cc1c(C(=O)N(Cc2cocn2)Cc2cocn2)n(C)c2ccc(F)cc12. The number of hydrogen-bond donors (Lipinski definition) is 0. The number of nitrogens with zero attached hydrogens (tertiary/aromatic N) is 4. The summed E-state index contributed by atoms with van der Waals surface area (Å²) >= 11 is 0. The molecule has 0 N–H and O–H groups in total. The number of amides is 1. The Morgan fingerprint density at radius 1 is 1.15 bits per heavy atom. The molecule has 0 unspecified atom stereocenters. The number of hydrogen-bond acceptors (Lipinski definition) is 5. The molecule has 4 aromatic rings. The minimum Gasteiger partial charge on any atom is -0.451 e. The first-order valence-electron chi connectivity index (χ1n) is 8.32. The van der Waals surface area contributed by atoms with Crippen molar-refractivity contribution < 1.29 is 18.0 Å². The molecule has 1 amide bonds. The van der Waals surface area contributed by atoms with Gasteiger partial charge in [-0.2, -0.15) is 0 Å². The van der Waals surface area contributed by atoms with E-state index in [0.717, 1.165) is 11.1 Å². The molecule has 4 rings (SSSR count). The molecule has 138 valence electrons. The average Bonchev–Trinajstić information content (AvgIpc) is 3.38. The zero-order valence-electron chi connectivity index (χ0n) is 14.8. The third-order valence-electron chi connectivity index (χ3n) is 4.58. The number of carbonyl (C=O) groups is 1. The molecule has 8 heteroatoms. The van der Waals surface area contributed by atoms with E-state index in [2.05, 4.69) is 9.97 Å². The summed E-state index contributed by atoms with van der Waals surface area (Å²) in [5.74, 6) is -0.546. The Bertz CT molecular complexity index is 1050.